The number of para-hydroxylation sites is 1. The van der Waals surface area contributed by atoms with E-state index in [0.29, 0.717) is 5.92 Å². The average molecular weight is 331 g/mol. The second kappa shape index (κ2) is 7.64. The summed E-state index contributed by atoms with van der Waals surface area (Å²) in [6.07, 6.45) is 7.41. The fourth-order valence-corrected chi connectivity index (χ4v) is 3.74. The van der Waals surface area contributed by atoms with Crippen LogP contribution >= 0.6 is 0 Å². The summed E-state index contributed by atoms with van der Waals surface area (Å²) in [6, 6.07) is 18.9. The van der Waals surface area contributed by atoms with Gasteiger partial charge in [-0.25, -0.2) is 9.97 Å². The summed E-state index contributed by atoms with van der Waals surface area (Å²) in [4.78, 5) is 9.81. The molecule has 1 aliphatic carbocycles. The number of fused-ring (bicyclic) bond motifs is 1. The zero-order chi connectivity index (χ0) is 16.9. The first kappa shape index (κ1) is 16.1. The number of hydrogen-bond acceptors (Lipinski definition) is 3. The van der Waals surface area contributed by atoms with Gasteiger partial charge in [0.05, 0.1) is 5.52 Å². The first-order valence-corrected chi connectivity index (χ1v) is 9.44. The van der Waals surface area contributed by atoms with Crippen molar-refractivity contribution in [3.05, 3.63) is 66.0 Å². The molecule has 0 saturated heterocycles. The highest BCUT2D eigenvalue weighted by molar-refractivity contribution is 5.89. The molecule has 0 unspecified atom stereocenters. The minimum Gasteiger partial charge on any atom is -0.369 e. The normalized spacial score (nSPS) is 15.4. The maximum absolute atomic E-state index is 4.93. The standard InChI is InChI=1S/C22H25N3/c1-3-9-17(10-4-1)15-16-23-22-19-13-7-8-14-20(19)24-21(25-22)18-11-5-2-6-12-18/h1,3-4,7-10,13-14,18H,2,5-6,11-12,15-16H2,(H,23,24,25). The van der Waals surface area contributed by atoms with E-state index in [1.807, 2.05) is 0 Å². The number of nitrogens with zero attached hydrogens (tertiary/aromatic N) is 2. The summed E-state index contributed by atoms with van der Waals surface area (Å²) < 4.78 is 0. The summed E-state index contributed by atoms with van der Waals surface area (Å²) in [5.74, 6) is 2.54. The summed E-state index contributed by atoms with van der Waals surface area (Å²) in [5, 5.41) is 4.68. The van der Waals surface area contributed by atoms with Crippen molar-refractivity contribution in [1.29, 1.82) is 0 Å². The molecule has 4 rings (SSSR count). The molecule has 1 N–H and O–H groups in total. The smallest absolute Gasteiger partial charge is 0.137 e. The summed E-state index contributed by atoms with van der Waals surface area (Å²) >= 11 is 0. The maximum Gasteiger partial charge on any atom is 0.137 e. The molecule has 0 atom stereocenters. The van der Waals surface area contributed by atoms with Gasteiger partial charge >= 0.3 is 0 Å². The predicted molar refractivity (Wildman–Crippen MR) is 104 cm³/mol. The third kappa shape index (κ3) is 3.81. The maximum atomic E-state index is 4.93. The van der Waals surface area contributed by atoms with Crippen molar-refractivity contribution in [3.8, 4) is 0 Å². The molecular weight excluding hydrogens is 306 g/mol. The molecule has 3 aromatic rings. The van der Waals surface area contributed by atoms with Crippen LogP contribution in [-0.2, 0) is 6.42 Å². The minimum atomic E-state index is 0.521. The summed E-state index contributed by atoms with van der Waals surface area (Å²) in [5.41, 5.74) is 2.40. The molecule has 1 fully saturated rings. The van der Waals surface area contributed by atoms with Gasteiger partial charge in [-0.15, -0.1) is 0 Å². The van der Waals surface area contributed by atoms with Crippen molar-refractivity contribution in [1.82, 2.24) is 9.97 Å². The number of aromatic nitrogens is 2. The van der Waals surface area contributed by atoms with Crippen molar-refractivity contribution in [2.24, 2.45) is 0 Å². The van der Waals surface area contributed by atoms with Gasteiger partial charge in [0.15, 0.2) is 0 Å². The molecule has 128 valence electrons. The lowest BCUT2D eigenvalue weighted by Crippen LogP contribution is -2.13. The van der Waals surface area contributed by atoms with Crippen molar-refractivity contribution in [2.45, 2.75) is 44.4 Å². The van der Waals surface area contributed by atoms with E-state index in [4.69, 9.17) is 9.97 Å². The van der Waals surface area contributed by atoms with Crippen LogP contribution in [0.5, 0.6) is 0 Å². The molecule has 0 radical (unpaired) electrons. The van der Waals surface area contributed by atoms with Crippen LogP contribution in [0, 0.1) is 0 Å². The van der Waals surface area contributed by atoms with Gasteiger partial charge < -0.3 is 5.32 Å². The van der Waals surface area contributed by atoms with E-state index in [-0.39, 0.29) is 0 Å². The van der Waals surface area contributed by atoms with Gasteiger partial charge in [0, 0.05) is 17.8 Å². The van der Waals surface area contributed by atoms with E-state index < -0.39 is 0 Å². The lowest BCUT2D eigenvalue weighted by Gasteiger charge is -2.21. The van der Waals surface area contributed by atoms with Crippen LogP contribution in [0.3, 0.4) is 0 Å². The number of nitrogens with one attached hydrogen (secondary N) is 1. The van der Waals surface area contributed by atoms with Crippen LogP contribution in [0.2, 0.25) is 0 Å². The van der Waals surface area contributed by atoms with Crippen molar-refractivity contribution in [2.75, 3.05) is 11.9 Å². The highest BCUT2D eigenvalue weighted by Gasteiger charge is 2.19. The molecule has 0 spiro atoms. The molecule has 1 saturated carbocycles. The Bertz CT molecular complexity index is 823. The van der Waals surface area contributed by atoms with Gasteiger partial charge in [0.2, 0.25) is 0 Å². The third-order valence-electron chi connectivity index (χ3n) is 5.14. The highest BCUT2D eigenvalue weighted by Crippen LogP contribution is 2.32. The number of benzene rings is 2. The Kier molecular flexibility index (Phi) is 4.91. The average Bonchev–Trinajstić information content (AvgIpc) is 2.69. The molecule has 1 heterocycles. The van der Waals surface area contributed by atoms with E-state index in [1.54, 1.807) is 0 Å². The fourth-order valence-electron chi connectivity index (χ4n) is 3.74. The monoisotopic (exact) mass is 331 g/mol. The van der Waals surface area contributed by atoms with E-state index in [9.17, 15) is 0 Å². The molecule has 0 amide bonds. The Labute approximate surface area is 149 Å². The quantitative estimate of drug-likeness (QED) is 0.686. The Morgan fingerprint density at radius 2 is 1.60 bits per heavy atom. The molecule has 0 bridgehead atoms. The van der Waals surface area contributed by atoms with Crippen LogP contribution in [0.1, 0.15) is 49.4 Å². The first-order valence-electron chi connectivity index (χ1n) is 9.44. The van der Waals surface area contributed by atoms with Crippen molar-refractivity contribution >= 4 is 16.7 Å². The molecule has 3 nitrogen and oxygen atoms in total. The first-order chi connectivity index (χ1) is 12.4. The van der Waals surface area contributed by atoms with E-state index in [1.165, 1.54) is 37.7 Å². The second-order valence-corrected chi connectivity index (χ2v) is 6.94. The van der Waals surface area contributed by atoms with Crippen LogP contribution in [0.15, 0.2) is 54.6 Å². The Morgan fingerprint density at radius 3 is 2.44 bits per heavy atom. The van der Waals surface area contributed by atoms with Crippen LogP contribution < -0.4 is 5.32 Å². The Balaban J connectivity index is 1.57. The Morgan fingerprint density at radius 1 is 0.840 bits per heavy atom. The molecule has 3 heteroatoms. The van der Waals surface area contributed by atoms with Crippen molar-refractivity contribution < 1.29 is 0 Å². The number of anilines is 1. The van der Waals surface area contributed by atoms with Gasteiger partial charge in [-0.2, -0.15) is 0 Å². The zero-order valence-corrected chi connectivity index (χ0v) is 14.6. The van der Waals surface area contributed by atoms with Gasteiger partial charge in [0.1, 0.15) is 11.6 Å². The lowest BCUT2D eigenvalue weighted by atomic mass is 9.88. The second-order valence-electron chi connectivity index (χ2n) is 6.94. The predicted octanol–water partition coefficient (Wildman–Crippen LogP) is 5.33. The van der Waals surface area contributed by atoms with Gasteiger partial charge in [-0.3, -0.25) is 0 Å². The molecular formula is C22H25N3. The summed E-state index contributed by atoms with van der Waals surface area (Å²) in [7, 11) is 0. The van der Waals surface area contributed by atoms with Gasteiger partial charge in [0.25, 0.3) is 0 Å². The molecule has 25 heavy (non-hydrogen) atoms. The minimum absolute atomic E-state index is 0.521. The lowest BCUT2D eigenvalue weighted by molar-refractivity contribution is 0.430. The fraction of sp³-hybridized carbons (Fsp3) is 0.364. The van der Waals surface area contributed by atoms with Crippen molar-refractivity contribution in [3.63, 3.8) is 0 Å². The SMILES string of the molecule is c1ccc(CCNc2nc(C3CCCCC3)nc3ccccc23)cc1. The molecule has 1 aromatic heterocycles. The highest BCUT2D eigenvalue weighted by atomic mass is 15.0. The van der Waals surface area contributed by atoms with Gasteiger partial charge in [-0.1, -0.05) is 61.7 Å². The van der Waals surface area contributed by atoms with Crippen LogP contribution in [0.4, 0.5) is 5.82 Å². The van der Waals surface area contributed by atoms with E-state index in [0.717, 1.165) is 35.5 Å². The van der Waals surface area contributed by atoms with E-state index >= 15 is 0 Å². The molecule has 1 aliphatic rings. The largest absolute Gasteiger partial charge is 0.369 e. The third-order valence-corrected chi connectivity index (χ3v) is 5.14. The molecule has 0 aliphatic heterocycles. The van der Waals surface area contributed by atoms with Crippen LogP contribution in [0.25, 0.3) is 10.9 Å². The number of rotatable bonds is 5. The topological polar surface area (TPSA) is 37.8 Å². The number of hydrogen-bond donors (Lipinski definition) is 1. The van der Waals surface area contributed by atoms with Gasteiger partial charge in [-0.05, 0) is 37.0 Å². The zero-order valence-electron chi connectivity index (χ0n) is 14.6. The Hall–Kier alpha value is -2.42. The van der Waals surface area contributed by atoms with Crippen LogP contribution in [-0.4, -0.2) is 16.5 Å². The van der Waals surface area contributed by atoms with E-state index in [2.05, 4.69) is 59.9 Å². The molecule has 2 aromatic carbocycles. The summed E-state index contributed by atoms with van der Waals surface area (Å²) in [6.45, 7) is 0.884.